The number of hydrogen-bond acceptors (Lipinski definition) is 9. The molecule has 1 aliphatic carbocycles. The van der Waals surface area contributed by atoms with E-state index in [1.54, 1.807) is 4.68 Å². The summed E-state index contributed by atoms with van der Waals surface area (Å²) in [5, 5.41) is 14.6. The van der Waals surface area contributed by atoms with Crippen molar-refractivity contribution in [3.63, 3.8) is 0 Å². The van der Waals surface area contributed by atoms with Gasteiger partial charge in [-0.2, -0.15) is 5.10 Å². The van der Waals surface area contributed by atoms with Crippen molar-refractivity contribution >= 4 is 57.8 Å². The Morgan fingerprint density at radius 1 is 0.969 bits per heavy atom. The minimum Gasteiger partial charge on any atom is -0.494 e. The van der Waals surface area contributed by atoms with Gasteiger partial charge in [0, 0.05) is 91.7 Å². The number of aryl methyl sites for hydroxylation is 1. The number of rotatable bonds is 11. The maximum Gasteiger partial charge on any atom is 0.329 e. The highest BCUT2D eigenvalue weighted by molar-refractivity contribution is 6.34. The lowest BCUT2D eigenvalue weighted by Gasteiger charge is -2.38. The molecule has 2 atom stereocenters. The van der Waals surface area contributed by atoms with Crippen molar-refractivity contribution in [1.82, 2.24) is 25.7 Å². The summed E-state index contributed by atoms with van der Waals surface area (Å²) in [5.41, 5.74) is 7.35. The van der Waals surface area contributed by atoms with Crippen LogP contribution in [0.4, 0.5) is 25.1 Å². The summed E-state index contributed by atoms with van der Waals surface area (Å²) in [6, 6.07) is 19.0. The monoisotopic (exact) mass is 908 g/mol. The predicted octanol–water partition coefficient (Wildman–Crippen LogP) is 7.05. The smallest absolute Gasteiger partial charge is 0.329 e. The predicted molar refractivity (Wildman–Crippen MR) is 242 cm³/mol. The first-order chi connectivity index (χ1) is 31.3. The van der Waals surface area contributed by atoms with Gasteiger partial charge in [-0.15, -0.1) is 0 Å². The van der Waals surface area contributed by atoms with Gasteiger partial charge >= 0.3 is 6.03 Å². The average Bonchev–Trinajstić information content (AvgIpc) is 3.79. The molecule has 2 saturated heterocycles. The molecule has 0 radical (unpaired) electrons. The number of nitrogens with zero attached hydrogens (tertiary/aromatic N) is 4. The number of carbonyl (C=O) groups is 4. The molecule has 3 aliphatic heterocycles. The minimum atomic E-state index is -1.09. The summed E-state index contributed by atoms with van der Waals surface area (Å²) in [6.45, 7) is 3.95. The molecule has 0 bridgehead atoms. The van der Waals surface area contributed by atoms with E-state index in [2.05, 4.69) is 32.0 Å². The fourth-order valence-corrected chi connectivity index (χ4v) is 10.6. The molecule has 14 nitrogen and oxygen atoms in total. The van der Waals surface area contributed by atoms with Crippen LogP contribution in [0.25, 0.3) is 22.0 Å². The van der Waals surface area contributed by atoms with Crippen LogP contribution in [-0.2, 0) is 22.2 Å². The Morgan fingerprint density at radius 3 is 2.40 bits per heavy atom. The van der Waals surface area contributed by atoms with E-state index in [0.717, 1.165) is 60.9 Å². The number of halogens is 3. The van der Waals surface area contributed by atoms with Gasteiger partial charge in [-0.25, -0.2) is 13.6 Å². The van der Waals surface area contributed by atoms with Crippen LogP contribution >= 0.6 is 11.6 Å². The molecule has 17 heteroatoms. The van der Waals surface area contributed by atoms with E-state index >= 15 is 8.78 Å². The van der Waals surface area contributed by atoms with Gasteiger partial charge in [-0.3, -0.25) is 29.3 Å². The molecule has 4 aliphatic rings. The summed E-state index contributed by atoms with van der Waals surface area (Å²) in [6.07, 6.45) is 4.64. The van der Waals surface area contributed by atoms with Crippen molar-refractivity contribution in [1.29, 1.82) is 0 Å². The second-order valence-corrected chi connectivity index (χ2v) is 17.9. The third kappa shape index (κ3) is 7.90. The van der Waals surface area contributed by atoms with Crippen LogP contribution < -0.4 is 41.0 Å². The summed E-state index contributed by atoms with van der Waals surface area (Å²) in [7, 11) is 3.15. The number of imide groups is 1. The summed E-state index contributed by atoms with van der Waals surface area (Å²) in [4.78, 5) is 54.6. The molecule has 4 heterocycles. The van der Waals surface area contributed by atoms with Crippen molar-refractivity contribution in [2.24, 2.45) is 18.7 Å². The van der Waals surface area contributed by atoms with Gasteiger partial charge in [0.2, 0.25) is 17.7 Å². The normalized spacial score (nSPS) is 22.4. The van der Waals surface area contributed by atoms with Crippen LogP contribution in [0, 0.1) is 17.6 Å². The number of fused-ring (bicyclic) bond motifs is 2. The Hall–Kier alpha value is -6.26. The lowest BCUT2D eigenvalue weighted by Crippen LogP contribution is -2.49. The van der Waals surface area contributed by atoms with Crippen LogP contribution in [0.2, 0.25) is 5.02 Å². The topological polar surface area (TPSA) is 173 Å². The Kier molecular flexibility index (Phi) is 11.9. The van der Waals surface area contributed by atoms with Gasteiger partial charge in [-0.05, 0) is 68.4 Å². The molecule has 65 heavy (non-hydrogen) atoms. The first-order valence-corrected chi connectivity index (χ1v) is 22.5. The van der Waals surface area contributed by atoms with E-state index in [4.69, 9.17) is 26.8 Å². The standard InChI is InChI=1S/C48H51ClF2N8O6/c1-26-38-36(24-33(50)41(49)40(38)39-31(44(52)61)16-17-35(64-3)42(39)51)65-48(26,28-8-5-4-6-9-28)25-53-29-14-12-27(13-15-29)46(62)54-30-18-21-58(22-19-30)34-11-7-10-32-43(34)57(2)56-45(32)59-23-20-37(60)55-47(59)63/h4-11,16-17,24,26-27,29-30,53H,12-15,18-23,25H2,1-3H3,(H2,52,61)(H,54,62)(H,55,60,63)/t26-,27?,29?,48-/m0/s1. The fraction of sp³-hybridized carbons (Fsp3) is 0.396. The highest BCUT2D eigenvalue weighted by Gasteiger charge is 2.50. The number of urea groups is 1. The zero-order valence-corrected chi connectivity index (χ0v) is 37.1. The molecule has 4 aromatic carbocycles. The van der Waals surface area contributed by atoms with E-state index in [0.29, 0.717) is 30.8 Å². The zero-order valence-electron chi connectivity index (χ0n) is 36.4. The largest absolute Gasteiger partial charge is 0.494 e. The van der Waals surface area contributed by atoms with Gasteiger partial charge in [0.15, 0.2) is 23.0 Å². The molecule has 5 N–H and O–H groups in total. The lowest BCUT2D eigenvalue weighted by atomic mass is 9.77. The number of hydrogen-bond donors (Lipinski definition) is 4. The number of nitrogens with two attached hydrogens (primary N) is 1. The Labute approximate surface area is 379 Å². The lowest BCUT2D eigenvalue weighted by molar-refractivity contribution is -0.127. The van der Waals surface area contributed by atoms with Crippen molar-refractivity contribution in [3.8, 4) is 22.6 Å². The Bertz CT molecular complexity index is 2700. The summed E-state index contributed by atoms with van der Waals surface area (Å²) >= 11 is 6.68. The molecule has 5 amide bonds. The van der Waals surface area contributed by atoms with Gasteiger partial charge in [0.25, 0.3) is 0 Å². The number of nitrogens with one attached hydrogen (secondary N) is 3. The number of para-hydroxylation sites is 1. The molecule has 3 fully saturated rings. The van der Waals surface area contributed by atoms with Gasteiger partial charge in [-0.1, -0.05) is 54.9 Å². The highest BCUT2D eigenvalue weighted by Crippen LogP contribution is 2.56. The molecule has 0 spiro atoms. The molecular formula is C48H51ClF2N8O6. The number of aromatic nitrogens is 2. The van der Waals surface area contributed by atoms with Crippen LogP contribution in [0.5, 0.6) is 11.5 Å². The second-order valence-electron chi connectivity index (χ2n) is 17.5. The zero-order chi connectivity index (χ0) is 45.7. The van der Waals surface area contributed by atoms with Crippen LogP contribution in [-0.4, -0.2) is 78.9 Å². The number of amides is 5. The number of ether oxygens (including phenoxy) is 2. The van der Waals surface area contributed by atoms with Crippen molar-refractivity contribution in [3.05, 3.63) is 100 Å². The first kappa shape index (κ1) is 44.0. The summed E-state index contributed by atoms with van der Waals surface area (Å²) in [5.74, 6) is -3.00. The third-order valence-corrected chi connectivity index (χ3v) is 14.2. The second kappa shape index (κ2) is 17.6. The number of carbonyl (C=O) groups excluding carboxylic acids is 4. The van der Waals surface area contributed by atoms with E-state index in [1.807, 2.05) is 56.4 Å². The Morgan fingerprint density at radius 2 is 1.71 bits per heavy atom. The average molecular weight is 909 g/mol. The van der Waals surface area contributed by atoms with Crippen LogP contribution in [0.3, 0.4) is 0 Å². The van der Waals surface area contributed by atoms with Crippen molar-refractivity contribution < 1.29 is 37.4 Å². The number of primary amides is 1. The number of methoxy groups -OCH3 is 1. The third-order valence-electron chi connectivity index (χ3n) is 13.8. The van der Waals surface area contributed by atoms with E-state index in [1.165, 1.54) is 30.2 Å². The van der Waals surface area contributed by atoms with E-state index in [9.17, 15) is 19.2 Å². The molecule has 1 saturated carbocycles. The van der Waals surface area contributed by atoms with Gasteiger partial charge in [0.1, 0.15) is 11.6 Å². The Balaban J connectivity index is 0.851. The van der Waals surface area contributed by atoms with Crippen molar-refractivity contribution in [2.45, 2.75) is 75.5 Å². The maximum absolute atomic E-state index is 16.2. The van der Waals surface area contributed by atoms with Crippen LogP contribution in [0.15, 0.2) is 66.7 Å². The molecule has 5 aromatic rings. The molecule has 9 rings (SSSR count). The molecule has 1 aromatic heterocycles. The van der Waals surface area contributed by atoms with Crippen molar-refractivity contribution in [2.75, 3.05) is 43.1 Å². The first-order valence-electron chi connectivity index (χ1n) is 22.1. The highest BCUT2D eigenvalue weighted by atomic mass is 35.5. The van der Waals surface area contributed by atoms with E-state index in [-0.39, 0.29) is 76.0 Å². The maximum atomic E-state index is 16.2. The molecule has 0 unspecified atom stereocenters. The van der Waals surface area contributed by atoms with Gasteiger partial charge < -0.3 is 30.7 Å². The SMILES string of the molecule is COc1ccc(C(N)=O)c(-c2c(Cl)c(F)cc3c2[C@H](C)[C@@](CNC2CCC(C(=O)NC4CCN(c5cccc6c(N7CCC(=O)NC7=O)nn(C)c56)CC4)CC2)(c2ccccc2)O3)c1F. The minimum absolute atomic E-state index is 0.0147. The van der Waals surface area contributed by atoms with Gasteiger partial charge in [0.05, 0.1) is 28.9 Å². The number of benzene rings is 4. The summed E-state index contributed by atoms with van der Waals surface area (Å²) < 4.78 is 45.8. The quantitative estimate of drug-likeness (QED) is 0.108. The van der Waals surface area contributed by atoms with Crippen LogP contribution in [0.1, 0.15) is 79.3 Å². The fourth-order valence-electron chi connectivity index (χ4n) is 10.3. The number of anilines is 2. The van der Waals surface area contributed by atoms with E-state index < -0.39 is 35.1 Å². The molecule has 340 valence electrons. The number of piperidine rings is 1. The molecular weight excluding hydrogens is 858 g/mol.